The van der Waals surface area contributed by atoms with Gasteiger partial charge in [-0.25, -0.2) is 0 Å². The number of rotatable bonds is 0. The average molecular weight is 182 g/mol. The molecule has 0 N–H and O–H groups in total. The van der Waals surface area contributed by atoms with Crippen molar-refractivity contribution in [3.8, 4) is 6.07 Å². The maximum absolute atomic E-state index is 8.56. The molecule has 0 radical (unpaired) electrons. The minimum absolute atomic E-state index is 0.530. The van der Waals surface area contributed by atoms with Crippen LogP contribution in [0.15, 0.2) is 18.2 Å². The first-order valence-corrected chi connectivity index (χ1v) is 4.28. The summed E-state index contributed by atoms with van der Waals surface area (Å²) in [4.78, 5) is 0. The van der Waals surface area contributed by atoms with E-state index in [-0.39, 0.29) is 0 Å². The molecule has 0 unspecified atom stereocenters. The van der Waals surface area contributed by atoms with E-state index in [1.165, 1.54) is 0 Å². The summed E-state index contributed by atoms with van der Waals surface area (Å²) >= 11 is 5.71. The average Bonchev–Trinajstić information content (AvgIpc) is 2.08. The summed E-state index contributed by atoms with van der Waals surface area (Å²) < 4.78 is 0. The maximum Gasteiger partial charge on any atom is 0.101 e. The molecule has 0 heterocycles. The molecule has 1 rings (SSSR count). The van der Waals surface area contributed by atoms with Crippen molar-refractivity contribution in [1.82, 2.24) is 0 Å². The highest BCUT2D eigenvalue weighted by molar-refractivity contribution is 6.31. The van der Waals surface area contributed by atoms with Gasteiger partial charge in [-0.3, -0.25) is 0 Å². The minimum Gasteiger partial charge on any atom is -0.192 e. The van der Waals surface area contributed by atoms with Crippen molar-refractivity contribution in [3.63, 3.8) is 0 Å². The lowest BCUT2D eigenvalue weighted by atomic mass is 10.1. The number of benzene rings is 1. The van der Waals surface area contributed by atoms with Gasteiger partial charge in [0.15, 0.2) is 0 Å². The Kier molecular flexibility index (Phi) is 5.16. The molecule has 0 aliphatic heterocycles. The first kappa shape index (κ1) is 11.0. The molecule has 0 saturated heterocycles. The molecule has 0 spiro atoms. The molecule has 0 atom stereocenters. The van der Waals surface area contributed by atoms with Crippen LogP contribution in [-0.2, 0) is 0 Å². The Bertz CT molecular complexity index is 266. The normalized spacial score (nSPS) is 7.92. The fourth-order valence-corrected chi connectivity index (χ4v) is 1.04. The van der Waals surface area contributed by atoms with Gasteiger partial charge in [0, 0.05) is 0 Å². The van der Waals surface area contributed by atoms with E-state index in [9.17, 15) is 0 Å². The molecule has 0 fully saturated rings. The zero-order valence-corrected chi connectivity index (χ0v) is 8.31. The van der Waals surface area contributed by atoms with Gasteiger partial charge in [0.25, 0.3) is 0 Å². The zero-order chi connectivity index (χ0) is 9.56. The van der Waals surface area contributed by atoms with Crippen LogP contribution in [0.5, 0.6) is 0 Å². The van der Waals surface area contributed by atoms with Gasteiger partial charge in [0.2, 0.25) is 0 Å². The van der Waals surface area contributed by atoms with Gasteiger partial charge < -0.3 is 0 Å². The fraction of sp³-hybridized carbons (Fsp3) is 0.300. The standard InChI is InChI=1S/C8H6ClN.C2H6/c1-6-3-2-4-8(9)7(6)5-10;1-2/h2-4H,1H3;1-2H3. The number of hydrogen-bond acceptors (Lipinski definition) is 1. The lowest BCUT2D eigenvalue weighted by Crippen LogP contribution is -1.81. The lowest BCUT2D eigenvalue weighted by Gasteiger charge is -1.96. The van der Waals surface area contributed by atoms with E-state index >= 15 is 0 Å². The molecule has 64 valence electrons. The number of nitriles is 1. The number of aryl methyl sites for hydroxylation is 1. The van der Waals surface area contributed by atoms with Gasteiger partial charge in [-0.15, -0.1) is 0 Å². The van der Waals surface area contributed by atoms with E-state index < -0.39 is 0 Å². The highest BCUT2D eigenvalue weighted by Gasteiger charge is 1.99. The fourth-order valence-electron chi connectivity index (χ4n) is 0.774. The molecule has 2 heteroatoms. The summed E-state index contributed by atoms with van der Waals surface area (Å²) in [6, 6.07) is 7.44. The first-order chi connectivity index (χ1) is 5.75. The Hall–Kier alpha value is -1.00. The molecule has 0 aliphatic carbocycles. The van der Waals surface area contributed by atoms with Crippen LogP contribution in [0.3, 0.4) is 0 Å². The van der Waals surface area contributed by atoms with Crippen LogP contribution in [0, 0.1) is 18.3 Å². The summed E-state index contributed by atoms with van der Waals surface area (Å²) in [6.45, 7) is 5.87. The molecule has 12 heavy (non-hydrogen) atoms. The molecule has 0 saturated carbocycles. The third-order valence-corrected chi connectivity index (χ3v) is 1.65. The largest absolute Gasteiger partial charge is 0.192 e. The molecular formula is C10H12ClN. The number of nitrogens with zero attached hydrogens (tertiary/aromatic N) is 1. The van der Waals surface area contributed by atoms with E-state index in [1.807, 2.05) is 39.0 Å². The van der Waals surface area contributed by atoms with Gasteiger partial charge in [0.1, 0.15) is 6.07 Å². The molecule has 0 amide bonds. The third-order valence-electron chi connectivity index (χ3n) is 1.33. The summed E-state index contributed by atoms with van der Waals surface area (Å²) in [6.07, 6.45) is 0. The van der Waals surface area contributed by atoms with Gasteiger partial charge in [0.05, 0.1) is 10.6 Å². The molecule has 0 aromatic heterocycles. The van der Waals surface area contributed by atoms with Crippen LogP contribution in [0.4, 0.5) is 0 Å². The van der Waals surface area contributed by atoms with Crippen molar-refractivity contribution in [3.05, 3.63) is 34.3 Å². The van der Waals surface area contributed by atoms with Gasteiger partial charge in [-0.2, -0.15) is 5.26 Å². The highest BCUT2D eigenvalue weighted by atomic mass is 35.5. The minimum atomic E-state index is 0.530. The summed E-state index contributed by atoms with van der Waals surface area (Å²) in [5.41, 5.74) is 1.50. The molecule has 0 aliphatic rings. The van der Waals surface area contributed by atoms with Crippen molar-refractivity contribution in [2.24, 2.45) is 0 Å². The Morgan fingerprint density at radius 3 is 2.25 bits per heavy atom. The highest BCUT2D eigenvalue weighted by Crippen LogP contribution is 2.17. The van der Waals surface area contributed by atoms with E-state index in [0.29, 0.717) is 10.6 Å². The molecule has 1 aromatic carbocycles. The van der Waals surface area contributed by atoms with Crippen LogP contribution in [-0.4, -0.2) is 0 Å². The van der Waals surface area contributed by atoms with Crippen LogP contribution < -0.4 is 0 Å². The lowest BCUT2D eigenvalue weighted by molar-refractivity contribution is 1.39. The second-order valence-corrected chi connectivity index (χ2v) is 2.45. The second-order valence-electron chi connectivity index (χ2n) is 2.04. The van der Waals surface area contributed by atoms with Crippen LogP contribution in [0.25, 0.3) is 0 Å². The Balaban J connectivity index is 0.000000561. The molecule has 1 nitrogen and oxygen atoms in total. The monoisotopic (exact) mass is 181 g/mol. The number of hydrogen-bond donors (Lipinski definition) is 0. The number of halogens is 1. The van der Waals surface area contributed by atoms with Crippen LogP contribution in [0.2, 0.25) is 5.02 Å². The molecule has 1 aromatic rings. The van der Waals surface area contributed by atoms with E-state index in [4.69, 9.17) is 16.9 Å². The van der Waals surface area contributed by atoms with Gasteiger partial charge >= 0.3 is 0 Å². The summed E-state index contributed by atoms with van der Waals surface area (Å²) in [7, 11) is 0. The van der Waals surface area contributed by atoms with E-state index in [1.54, 1.807) is 6.07 Å². The zero-order valence-electron chi connectivity index (χ0n) is 7.56. The predicted molar refractivity (Wildman–Crippen MR) is 52.3 cm³/mol. The van der Waals surface area contributed by atoms with E-state index in [2.05, 4.69) is 0 Å². The van der Waals surface area contributed by atoms with Crippen LogP contribution in [0.1, 0.15) is 25.0 Å². The maximum atomic E-state index is 8.56. The predicted octanol–water partition coefficient (Wildman–Crippen LogP) is 3.55. The van der Waals surface area contributed by atoms with Crippen molar-refractivity contribution in [2.75, 3.05) is 0 Å². The Morgan fingerprint density at radius 2 is 1.92 bits per heavy atom. The van der Waals surface area contributed by atoms with Crippen molar-refractivity contribution in [1.29, 1.82) is 5.26 Å². The quantitative estimate of drug-likeness (QED) is 0.601. The van der Waals surface area contributed by atoms with Crippen LogP contribution >= 0.6 is 11.6 Å². The summed E-state index contributed by atoms with van der Waals surface area (Å²) in [5.74, 6) is 0. The van der Waals surface area contributed by atoms with Gasteiger partial charge in [-0.05, 0) is 18.6 Å². The van der Waals surface area contributed by atoms with Crippen molar-refractivity contribution >= 4 is 11.6 Å². The first-order valence-electron chi connectivity index (χ1n) is 3.91. The Labute approximate surface area is 78.6 Å². The summed E-state index contributed by atoms with van der Waals surface area (Å²) in [5, 5.41) is 9.09. The topological polar surface area (TPSA) is 23.8 Å². The molecular weight excluding hydrogens is 170 g/mol. The van der Waals surface area contributed by atoms with Gasteiger partial charge in [-0.1, -0.05) is 37.6 Å². The van der Waals surface area contributed by atoms with Crippen molar-refractivity contribution in [2.45, 2.75) is 20.8 Å². The molecule has 0 bridgehead atoms. The Morgan fingerprint density at radius 1 is 1.33 bits per heavy atom. The smallest absolute Gasteiger partial charge is 0.101 e. The van der Waals surface area contributed by atoms with Crippen molar-refractivity contribution < 1.29 is 0 Å². The SMILES string of the molecule is CC.Cc1cccc(Cl)c1C#N. The third kappa shape index (κ3) is 2.56. The second kappa shape index (κ2) is 5.62. The van der Waals surface area contributed by atoms with E-state index in [0.717, 1.165) is 5.56 Å².